The van der Waals surface area contributed by atoms with Gasteiger partial charge in [0.05, 0.1) is 23.9 Å². The number of rotatable bonds is 7. The van der Waals surface area contributed by atoms with Crippen molar-refractivity contribution in [3.63, 3.8) is 0 Å². The Kier molecular flexibility index (Phi) is 6.38. The maximum absolute atomic E-state index is 12.3. The number of hydrogen-bond donors (Lipinski definition) is 0. The van der Waals surface area contributed by atoms with Gasteiger partial charge >= 0.3 is 0 Å². The van der Waals surface area contributed by atoms with E-state index in [9.17, 15) is 4.79 Å². The Morgan fingerprint density at radius 2 is 2.23 bits per heavy atom. The predicted molar refractivity (Wildman–Crippen MR) is 107 cm³/mol. The number of thiophene rings is 1. The van der Waals surface area contributed by atoms with E-state index in [-0.39, 0.29) is 5.91 Å². The molecule has 0 unspecified atom stereocenters. The van der Waals surface area contributed by atoms with Crippen molar-refractivity contribution in [2.45, 2.75) is 13.5 Å². The van der Waals surface area contributed by atoms with Crippen molar-refractivity contribution in [1.82, 2.24) is 4.57 Å². The Balaban J connectivity index is 1.96. The first-order valence-corrected chi connectivity index (χ1v) is 9.96. The van der Waals surface area contributed by atoms with Gasteiger partial charge < -0.3 is 14.0 Å². The normalized spacial score (nSPS) is 12.3. The summed E-state index contributed by atoms with van der Waals surface area (Å²) in [7, 11) is 1.64. The average molecular weight is 389 g/mol. The molecular formula is C19H20N2O3S2. The number of carbonyl (C=O) groups is 1. The maximum atomic E-state index is 12.3. The minimum absolute atomic E-state index is 0.276. The van der Waals surface area contributed by atoms with Gasteiger partial charge in [-0.3, -0.25) is 4.79 Å². The van der Waals surface area contributed by atoms with Gasteiger partial charge in [0.25, 0.3) is 5.91 Å². The van der Waals surface area contributed by atoms with Crippen LogP contribution in [0.5, 0.6) is 5.75 Å². The molecule has 0 aliphatic carbocycles. The summed E-state index contributed by atoms with van der Waals surface area (Å²) in [4.78, 5) is 18.3. The lowest BCUT2D eigenvalue weighted by Crippen LogP contribution is -2.19. The third kappa shape index (κ3) is 4.49. The molecule has 26 heavy (non-hydrogen) atoms. The van der Waals surface area contributed by atoms with Gasteiger partial charge in [-0.1, -0.05) is 17.4 Å². The van der Waals surface area contributed by atoms with Crippen molar-refractivity contribution < 1.29 is 14.3 Å². The highest BCUT2D eigenvalue weighted by atomic mass is 32.1. The molecule has 2 aromatic heterocycles. The van der Waals surface area contributed by atoms with E-state index in [1.54, 1.807) is 24.5 Å². The summed E-state index contributed by atoms with van der Waals surface area (Å²) < 4.78 is 13.8. The summed E-state index contributed by atoms with van der Waals surface area (Å²) in [5, 5.41) is 1.97. The number of aromatic nitrogens is 1. The van der Waals surface area contributed by atoms with Gasteiger partial charge in [0.15, 0.2) is 4.80 Å². The Hall–Kier alpha value is -2.22. The topological polar surface area (TPSA) is 52.8 Å². The molecule has 0 aliphatic rings. The van der Waals surface area contributed by atoms with Crippen molar-refractivity contribution in [3.8, 4) is 5.75 Å². The number of amides is 1. The summed E-state index contributed by atoms with van der Waals surface area (Å²) in [5.41, 5.74) is 1.02. The zero-order valence-corrected chi connectivity index (χ0v) is 16.3. The van der Waals surface area contributed by atoms with Crippen LogP contribution in [0, 0.1) is 0 Å². The number of methoxy groups -OCH3 is 1. The average Bonchev–Trinajstić information content (AvgIpc) is 3.28. The molecule has 136 valence electrons. The van der Waals surface area contributed by atoms with E-state index in [1.165, 1.54) is 17.4 Å². The van der Waals surface area contributed by atoms with Crippen LogP contribution in [0.3, 0.4) is 0 Å². The number of hydrogen-bond acceptors (Lipinski definition) is 5. The molecule has 3 rings (SSSR count). The number of ether oxygens (including phenoxy) is 2. The van der Waals surface area contributed by atoms with E-state index in [4.69, 9.17) is 9.47 Å². The lowest BCUT2D eigenvalue weighted by atomic mass is 10.3. The van der Waals surface area contributed by atoms with Crippen molar-refractivity contribution in [2.75, 3.05) is 20.3 Å². The van der Waals surface area contributed by atoms with Crippen molar-refractivity contribution >= 4 is 44.9 Å². The molecule has 0 radical (unpaired) electrons. The SMILES string of the molecule is CCOCCn1c(=NC(=O)C=Cc2cccs2)sc2cc(OC)ccc21. The first-order chi connectivity index (χ1) is 12.7. The van der Waals surface area contributed by atoms with Crippen LogP contribution in [0.15, 0.2) is 46.8 Å². The van der Waals surface area contributed by atoms with E-state index in [0.717, 1.165) is 20.8 Å². The number of carbonyl (C=O) groups excluding carboxylic acids is 1. The molecule has 0 atom stereocenters. The predicted octanol–water partition coefficient (Wildman–Crippen LogP) is 3.95. The number of thiazole rings is 1. The lowest BCUT2D eigenvalue weighted by molar-refractivity contribution is -0.113. The molecule has 1 amide bonds. The fourth-order valence-electron chi connectivity index (χ4n) is 2.45. The molecule has 1 aromatic carbocycles. The smallest absolute Gasteiger partial charge is 0.272 e. The Morgan fingerprint density at radius 3 is 2.96 bits per heavy atom. The van der Waals surface area contributed by atoms with Gasteiger partial charge in [-0.05, 0) is 42.6 Å². The summed E-state index contributed by atoms with van der Waals surface area (Å²) >= 11 is 3.05. The van der Waals surface area contributed by atoms with Gasteiger partial charge in [0, 0.05) is 24.1 Å². The summed E-state index contributed by atoms with van der Waals surface area (Å²) in [6.45, 7) is 3.83. The number of fused-ring (bicyclic) bond motifs is 1. The molecule has 0 saturated heterocycles. The van der Waals surface area contributed by atoms with Gasteiger partial charge in [-0.2, -0.15) is 4.99 Å². The Morgan fingerprint density at radius 1 is 1.35 bits per heavy atom. The van der Waals surface area contributed by atoms with Crippen LogP contribution in [0.4, 0.5) is 0 Å². The quantitative estimate of drug-likeness (QED) is 0.455. The fraction of sp³-hybridized carbons (Fsp3) is 0.263. The standard InChI is InChI=1S/C19H20N2O3S2/c1-3-24-11-10-21-16-8-6-14(23-2)13-17(16)26-19(21)20-18(22)9-7-15-5-4-12-25-15/h4-9,12-13H,3,10-11H2,1-2H3. The largest absolute Gasteiger partial charge is 0.497 e. The highest BCUT2D eigenvalue weighted by Gasteiger charge is 2.08. The molecule has 3 aromatic rings. The molecule has 0 fully saturated rings. The molecule has 2 heterocycles. The molecule has 0 bridgehead atoms. The zero-order chi connectivity index (χ0) is 18.4. The third-order valence-corrected chi connectivity index (χ3v) is 5.57. The maximum Gasteiger partial charge on any atom is 0.272 e. The van der Waals surface area contributed by atoms with Gasteiger partial charge in [-0.25, -0.2) is 0 Å². The first kappa shape index (κ1) is 18.6. The monoisotopic (exact) mass is 388 g/mol. The van der Waals surface area contributed by atoms with Crippen LogP contribution in [0.25, 0.3) is 16.3 Å². The fourth-order valence-corrected chi connectivity index (χ4v) is 4.16. The summed E-state index contributed by atoms with van der Waals surface area (Å²) in [6, 6.07) is 9.77. The Labute approximate surface area is 159 Å². The van der Waals surface area contributed by atoms with Crippen LogP contribution >= 0.6 is 22.7 Å². The van der Waals surface area contributed by atoms with E-state index >= 15 is 0 Å². The Bertz CT molecular complexity index is 968. The highest BCUT2D eigenvalue weighted by Crippen LogP contribution is 2.23. The van der Waals surface area contributed by atoms with E-state index < -0.39 is 0 Å². The lowest BCUT2D eigenvalue weighted by Gasteiger charge is -2.05. The molecule has 0 spiro atoms. The molecule has 7 heteroatoms. The van der Waals surface area contributed by atoms with Crippen molar-refractivity contribution in [3.05, 3.63) is 51.5 Å². The van der Waals surface area contributed by atoms with Crippen LogP contribution < -0.4 is 9.54 Å². The zero-order valence-electron chi connectivity index (χ0n) is 14.7. The van der Waals surface area contributed by atoms with Crippen LogP contribution in [-0.4, -0.2) is 30.8 Å². The van der Waals surface area contributed by atoms with E-state index in [2.05, 4.69) is 4.99 Å². The van der Waals surface area contributed by atoms with Crippen LogP contribution in [0.2, 0.25) is 0 Å². The highest BCUT2D eigenvalue weighted by molar-refractivity contribution is 7.16. The second kappa shape index (κ2) is 8.93. The second-order valence-electron chi connectivity index (χ2n) is 5.37. The number of benzene rings is 1. The van der Waals surface area contributed by atoms with Crippen molar-refractivity contribution in [1.29, 1.82) is 0 Å². The van der Waals surface area contributed by atoms with Gasteiger partial charge in [0.2, 0.25) is 0 Å². The van der Waals surface area contributed by atoms with Gasteiger partial charge in [0.1, 0.15) is 5.75 Å². The molecule has 5 nitrogen and oxygen atoms in total. The minimum Gasteiger partial charge on any atom is -0.497 e. The third-order valence-electron chi connectivity index (χ3n) is 3.69. The summed E-state index contributed by atoms with van der Waals surface area (Å²) in [6.07, 6.45) is 3.29. The molecular weight excluding hydrogens is 368 g/mol. The number of nitrogens with zero attached hydrogens (tertiary/aromatic N) is 2. The second-order valence-corrected chi connectivity index (χ2v) is 7.35. The van der Waals surface area contributed by atoms with Crippen molar-refractivity contribution in [2.24, 2.45) is 4.99 Å². The molecule has 0 aliphatic heterocycles. The minimum atomic E-state index is -0.276. The van der Waals surface area contributed by atoms with Crippen LogP contribution in [-0.2, 0) is 16.1 Å². The molecule has 0 saturated carbocycles. The van der Waals surface area contributed by atoms with E-state index in [0.29, 0.717) is 24.6 Å². The first-order valence-electron chi connectivity index (χ1n) is 8.26. The summed E-state index contributed by atoms with van der Waals surface area (Å²) in [5.74, 6) is 0.508. The molecule has 0 N–H and O–H groups in total. The van der Waals surface area contributed by atoms with E-state index in [1.807, 2.05) is 47.2 Å². The van der Waals surface area contributed by atoms with Gasteiger partial charge in [-0.15, -0.1) is 11.3 Å². The van der Waals surface area contributed by atoms with Crippen LogP contribution in [0.1, 0.15) is 11.8 Å².